The van der Waals surface area contributed by atoms with E-state index in [1.165, 1.54) is 0 Å². The molecule has 0 N–H and O–H groups in total. The Morgan fingerprint density at radius 1 is 1.33 bits per heavy atom. The van der Waals surface area contributed by atoms with Gasteiger partial charge in [-0.25, -0.2) is 0 Å². The third-order valence-corrected chi connectivity index (χ3v) is 1.70. The highest BCUT2D eigenvalue weighted by Crippen LogP contribution is 1.90. The molecule has 0 heterocycles. The fourth-order valence-electron chi connectivity index (χ4n) is 0.629. The van der Waals surface area contributed by atoms with Gasteiger partial charge in [-0.3, -0.25) is 0 Å². The van der Waals surface area contributed by atoms with Crippen LogP contribution in [0.4, 0.5) is 0 Å². The van der Waals surface area contributed by atoms with E-state index >= 15 is 0 Å². The van der Waals surface area contributed by atoms with E-state index in [0.717, 1.165) is 23.9 Å². The number of hydrogen-bond acceptors (Lipinski definition) is 1. The van der Waals surface area contributed by atoms with Crippen molar-refractivity contribution in [3.63, 3.8) is 0 Å². The van der Waals surface area contributed by atoms with E-state index in [0.29, 0.717) is 6.61 Å². The van der Waals surface area contributed by atoms with Gasteiger partial charge < -0.3 is 4.74 Å². The van der Waals surface area contributed by atoms with Crippen molar-refractivity contribution in [2.24, 2.45) is 0 Å². The smallest absolute Gasteiger partial charge is 0.107 e. The van der Waals surface area contributed by atoms with Crippen molar-refractivity contribution >= 4 is 22.6 Å². The van der Waals surface area contributed by atoms with Gasteiger partial charge in [-0.2, -0.15) is 0 Å². The van der Waals surface area contributed by atoms with Crippen LogP contribution in [0.2, 0.25) is 0 Å². The molecule has 0 saturated heterocycles. The SMILES string of the molecule is CCOCC#CCC/C=C/CI. The fourth-order valence-corrected chi connectivity index (χ4v) is 0.988. The second kappa shape index (κ2) is 11.0. The van der Waals surface area contributed by atoms with Gasteiger partial charge in [-0.1, -0.05) is 40.7 Å². The predicted molar refractivity (Wildman–Crippen MR) is 61.5 cm³/mol. The zero-order valence-corrected chi connectivity index (χ0v) is 9.63. The Balaban J connectivity index is 3.15. The summed E-state index contributed by atoms with van der Waals surface area (Å²) in [6.45, 7) is 3.31. The molecule has 0 saturated carbocycles. The largest absolute Gasteiger partial charge is 0.369 e. The van der Waals surface area contributed by atoms with Crippen LogP contribution in [0.3, 0.4) is 0 Å². The van der Waals surface area contributed by atoms with Gasteiger partial charge in [0.25, 0.3) is 0 Å². The third kappa shape index (κ3) is 9.99. The zero-order valence-electron chi connectivity index (χ0n) is 7.48. The minimum atomic E-state index is 0.576. The van der Waals surface area contributed by atoms with Gasteiger partial charge in [0.05, 0.1) is 0 Å². The van der Waals surface area contributed by atoms with Crippen molar-refractivity contribution in [2.75, 3.05) is 17.6 Å². The Morgan fingerprint density at radius 3 is 2.83 bits per heavy atom. The highest BCUT2D eigenvalue weighted by molar-refractivity contribution is 14.1. The van der Waals surface area contributed by atoms with Gasteiger partial charge in [0.1, 0.15) is 6.61 Å². The summed E-state index contributed by atoms with van der Waals surface area (Å²) in [7, 11) is 0. The maximum atomic E-state index is 5.07. The first-order valence-corrected chi connectivity index (χ1v) is 5.68. The van der Waals surface area contributed by atoms with E-state index < -0.39 is 0 Å². The Labute approximate surface area is 88.7 Å². The second-order valence-corrected chi connectivity index (χ2v) is 3.04. The molecule has 0 aromatic carbocycles. The lowest BCUT2D eigenvalue weighted by Gasteiger charge is -1.88. The maximum absolute atomic E-state index is 5.07. The van der Waals surface area contributed by atoms with Crippen molar-refractivity contribution in [1.82, 2.24) is 0 Å². The number of hydrogen-bond donors (Lipinski definition) is 0. The molecule has 0 amide bonds. The molecule has 0 aliphatic heterocycles. The number of halogens is 1. The van der Waals surface area contributed by atoms with Crippen LogP contribution < -0.4 is 0 Å². The maximum Gasteiger partial charge on any atom is 0.107 e. The summed E-state index contributed by atoms with van der Waals surface area (Å²) in [6, 6.07) is 0. The summed E-state index contributed by atoms with van der Waals surface area (Å²) in [5.74, 6) is 6.01. The molecule has 0 aromatic heterocycles. The van der Waals surface area contributed by atoms with Crippen molar-refractivity contribution in [2.45, 2.75) is 19.8 Å². The van der Waals surface area contributed by atoms with Gasteiger partial charge in [0.2, 0.25) is 0 Å². The number of alkyl halides is 1. The molecular formula is C10H15IO. The van der Waals surface area contributed by atoms with Crippen LogP contribution >= 0.6 is 22.6 Å². The van der Waals surface area contributed by atoms with E-state index in [2.05, 4.69) is 46.6 Å². The van der Waals surface area contributed by atoms with Crippen LogP contribution in [0.15, 0.2) is 12.2 Å². The predicted octanol–water partition coefficient (Wildman–Crippen LogP) is 2.80. The van der Waals surface area contributed by atoms with Gasteiger partial charge in [-0.15, -0.1) is 5.92 Å². The average molecular weight is 278 g/mol. The third-order valence-electron chi connectivity index (χ3n) is 1.20. The number of unbranched alkanes of at least 4 members (excludes halogenated alkanes) is 1. The molecule has 0 bridgehead atoms. The van der Waals surface area contributed by atoms with Crippen molar-refractivity contribution in [3.8, 4) is 11.8 Å². The standard InChI is InChI=1S/C10H15IO/c1-2-12-10-8-6-4-3-5-7-9-11/h5,7H,2-4,9-10H2,1H3/b7-5+. The lowest BCUT2D eigenvalue weighted by molar-refractivity contribution is 0.182. The number of ether oxygens (including phenoxy) is 1. The van der Waals surface area contributed by atoms with E-state index in [9.17, 15) is 0 Å². The van der Waals surface area contributed by atoms with Crippen molar-refractivity contribution < 1.29 is 4.74 Å². The first-order valence-electron chi connectivity index (χ1n) is 4.16. The number of allylic oxidation sites excluding steroid dienone is 2. The molecule has 0 spiro atoms. The molecule has 0 fully saturated rings. The van der Waals surface area contributed by atoms with E-state index in [4.69, 9.17) is 4.74 Å². The summed E-state index contributed by atoms with van der Waals surface area (Å²) in [5.41, 5.74) is 0. The highest BCUT2D eigenvalue weighted by Gasteiger charge is 1.76. The van der Waals surface area contributed by atoms with E-state index in [-0.39, 0.29) is 0 Å². The van der Waals surface area contributed by atoms with Crippen LogP contribution in [0.25, 0.3) is 0 Å². The molecule has 0 aromatic rings. The van der Waals surface area contributed by atoms with Crippen LogP contribution in [0.1, 0.15) is 19.8 Å². The Hall–Kier alpha value is -0.0100. The van der Waals surface area contributed by atoms with Gasteiger partial charge in [-0.05, 0) is 13.3 Å². The molecule has 0 rings (SSSR count). The summed E-state index contributed by atoms with van der Waals surface area (Å²) in [6.07, 6.45) is 6.33. The molecule has 12 heavy (non-hydrogen) atoms. The molecule has 1 nitrogen and oxygen atoms in total. The fraction of sp³-hybridized carbons (Fsp3) is 0.600. The van der Waals surface area contributed by atoms with Gasteiger partial charge in [0, 0.05) is 17.5 Å². The lowest BCUT2D eigenvalue weighted by atomic mass is 10.3. The molecule has 0 aliphatic rings. The second-order valence-electron chi connectivity index (χ2n) is 2.16. The first-order chi connectivity index (χ1) is 5.91. The number of rotatable bonds is 5. The lowest BCUT2D eigenvalue weighted by Crippen LogP contribution is -1.88. The molecule has 2 heteroatoms. The summed E-state index contributed by atoms with van der Waals surface area (Å²) >= 11 is 2.32. The topological polar surface area (TPSA) is 9.23 Å². The monoisotopic (exact) mass is 278 g/mol. The van der Waals surface area contributed by atoms with Gasteiger partial charge >= 0.3 is 0 Å². The molecule has 0 radical (unpaired) electrons. The molecule has 0 aliphatic carbocycles. The minimum absolute atomic E-state index is 0.576. The minimum Gasteiger partial charge on any atom is -0.369 e. The highest BCUT2D eigenvalue weighted by atomic mass is 127. The quantitative estimate of drug-likeness (QED) is 0.247. The Morgan fingerprint density at radius 2 is 2.17 bits per heavy atom. The Kier molecular flexibility index (Phi) is 11.0. The molecule has 0 unspecified atom stereocenters. The zero-order chi connectivity index (χ0) is 9.07. The summed E-state index contributed by atoms with van der Waals surface area (Å²) in [5, 5.41) is 0. The summed E-state index contributed by atoms with van der Waals surface area (Å²) < 4.78 is 6.16. The van der Waals surface area contributed by atoms with Crippen LogP contribution in [-0.2, 0) is 4.74 Å². The summed E-state index contributed by atoms with van der Waals surface area (Å²) in [4.78, 5) is 0. The van der Waals surface area contributed by atoms with Crippen molar-refractivity contribution in [1.29, 1.82) is 0 Å². The van der Waals surface area contributed by atoms with Crippen LogP contribution in [0.5, 0.6) is 0 Å². The average Bonchev–Trinajstić information content (AvgIpc) is 2.10. The Bertz CT molecular complexity index is 164. The van der Waals surface area contributed by atoms with E-state index in [1.54, 1.807) is 0 Å². The normalized spacial score (nSPS) is 9.83. The first kappa shape index (κ1) is 12.0. The van der Waals surface area contributed by atoms with Gasteiger partial charge in [0.15, 0.2) is 0 Å². The molecule has 0 atom stereocenters. The van der Waals surface area contributed by atoms with Crippen LogP contribution in [0, 0.1) is 11.8 Å². The van der Waals surface area contributed by atoms with Crippen LogP contribution in [-0.4, -0.2) is 17.6 Å². The van der Waals surface area contributed by atoms with Crippen molar-refractivity contribution in [3.05, 3.63) is 12.2 Å². The molecule has 68 valence electrons. The van der Waals surface area contributed by atoms with E-state index in [1.807, 2.05) is 6.92 Å². The molecular weight excluding hydrogens is 263 g/mol.